The molecular weight excluding hydrogens is 354 g/mol. The second kappa shape index (κ2) is 6.24. The lowest BCUT2D eigenvalue weighted by Crippen LogP contribution is -2.01. The van der Waals surface area contributed by atoms with Gasteiger partial charge in [-0.3, -0.25) is 0 Å². The Balaban J connectivity index is 1.75. The SMILES string of the molecule is Clc1cc(Br)ccc1CNc1cccc(-n2cnnn2)c1. The highest BCUT2D eigenvalue weighted by Gasteiger charge is 2.03. The van der Waals surface area contributed by atoms with E-state index in [4.69, 9.17) is 11.6 Å². The van der Waals surface area contributed by atoms with Gasteiger partial charge in [-0.15, -0.1) is 5.10 Å². The number of anilines is 1. The van der Waals surface area contributed by atoms with Crippen LogP contribution in [0.25, 0.3) is 5.69 Å². The van der Waals surface area contributed by atoms with Crippen LogP contribution in [0.2, 0.25) is 5.02 Å². The second-order valence-electron chi connectivity index (χ2n) is 4.39. The molecule has 0 fully saturated rings. The zero-order chi connectivity index (χ0) is 14.7. The van der Waals surface area contributed by atoms with Crippen molar-refractivity contribution in [1.82, 2.24) is 20.2 Å². The van der Waals surface area contributed by atoms with Crippen LogP contribution in [0.3, 0.4) is 0 Å². The normalized spacial score (nSPS) is 10.6. The van der Waals surface area contributed by atoms with Gasteiger partial charge in [0.25, 0.3) is 0 Å². The maximum Gasteiger partial charge on any atom is 0.143 e. The smallest absolute Gasteiger partial charge is 0.143 e. The lowest BCUT2D eigenvalue weighted by Gasteiger charge is -2.09. The third-order valence-corrected chi connectivity index (χ3v) is 3.80. The number of benzene rings is 2. The van der Waals surface area contributed by atoms with E-state index < -0.39 is 0 Å². The minimum Gasteiger partial charge on any atom is -0.381 e. The van der Waals surface area contributed by atoms with E-state index >= 15 is 0 Å². The molecule has 7 heteroatoms. The van der Waals surface area contributed by atoms with Gasteiger partial charge in [0.2, 0.25) is 0 Å². The van der Waals surface area contributed by atoms with Crippen molar-refractivity contribution in [2.75, 3.05) is 5.32 Å². The molecule has 21 heavy (non-hydrogen) atoms. The highest BCUT2D eigenvalue weighted by molar-refractivity contribution is 9.10. The Labute approximate surface area is 135 Å². The van der Waals surface area contributed by atoms with Crippen LogP contribution in [-0.2, 0) is 6.54 Å². The number of aromatic nitrogens is 4. The summed E-state index contributed by atoms with van der Waals surface area (Å²) in [7, 11) is 0. The summed E-state index contributed by atoms with van der Waals surface area (Å²) >= 11 is 9.61. The summed E-state index contributed by atoms with van der Waals surface area (Å²) in [5.74, 6) is 0. The van der Waals surface area contributed by atoms with E-state index in [9.17, 15) is 0 Å². The second-order valence-corrected chi connectivity index (χ2v) is 5.72. The van der Waals surface area contributed by atoms with Gasteiger partial charge >= 0.3 is 0 Å². The molecule has 0 aliphatic rings. The molecule has 1 aromatic heterocycles. The monoisotopic (exact) mass is 363 g/mol. The Kier molecular flexibility index (Phi) is 4.17. The van der Waals surface area contributed by atoms with Crippen molar-refractivity contribution in [3.8, 4) is 5.69 Å². The Morgan fingerprint density at radius 2 is 2.10 bits per heavy atom. The number of nitrogens with zero attached hydrogens (tertiary/aromatic N) is 4. The van der Waals surface area contributed by atoms with Gasteiger partial charge in [-0.1, -0.05) is 39.7 Å². The zero-order valence-electron chi connectivity index (χ0n) is 10.9. The van der Waals surface area contributed by atoms with Crippen molar-refractivity contribution in [2.24, 2.45) is 0 Å². The summed E-state index contributed by atoms with van der Waals surface area (Å²) in [5.41, 5.74) is 2.90. The van der Waals surface area contributed by atoms with Crippen molar-refractivity contribution >= 4 is 33.2 Å². The molecule has 1 N–H and O–H groups in total. The Hall–Kier alpha value is -1.92. The fourth-order valence-electron chi connectivity index (χ4n) is 1.90. The molecule has 0 amide bonds. The number of hydrogen-bond acceptors (Lipinski definition) is 4. The van der Waals surface area contributed by atoms with Crippen LogP contribution in [0.1, 0.15) is 5.56 Å². The summed E-state index contributed by atoms with van der Waals surface area (Å²) in [6, 6.07) is 13.7. The Morgan fingerprint density at radius 3 is 2.86 bits per heavy atom. The lowest BCUT2D eigenvalue weighted by atomic mass is 10.2. The van der Waals surface area contributed by atoms with Crippen LogP contribution >= 0.6 is 27.5 Å². The highest BCUT2D eigenvalue weighted by Crippen LogP contribution is 2.22. The maximum atomic E-state index is 6.21. The molecule has 0 spiro atoms. The average molecular weight is 365 g/mol. The molecule has 5 nitrogen and oxygen atoms in total. The summed E-state index contributed by atoms with van der Waals surface area (Å²) in [6.45, 7) is 0.644. The summed E-state index contributed by atoms with van der Waals surface area (Å²) in [6.07, 6.45) is 1.56. The molecule has 0 radical (unpaired) electrons. The van der Waals surface area contributed by atoms with Gasteiger partial charge in [0.05, 0.1) is 5.69 Å². The predicted octanol–water partition coefficient (Wildman–Crippen LogP) is 3.69. The van der Waals surface area contributed by atoms with Crippen molar-refractivity contribution in [2.45, 2.75) is 6.54 Å². The first-order chi connectivity index (χ1) is 10.2. The topological polar surface area (TPSA) is 55.6 Å². The molecule has 1 heterocycles. The van der Waals surface area contributed by atoms with Gasteiger partial charge in [0.15, 0.2) is 0 Å². The van der Waals surface area contributed by atoms with Crippen molar-refractivity contribution in [1.29, 1.82) is 0 Å². The summed E-state index contributed by atoms with van der Waals surface area (Å²) < 4.78 is 2.58. The fourth-order valence-corrected chi connectivity index (χ4v) is 2.64. The van der Waals surface area contributed by atoms with Gasteiger partial charge in [-0.25, -0.2) is 4.68 Å². The molecule has 3 aromatic rings. The van der Waals surface area contributed by atoms with Crippen LogP contribution in [0.4, 0.5) is 5.69 Å². The van der Waals surface area contributed by atoms with E-state index in [0.29, 0.717) is 6.54 Å². The van der Waals surface area contributed by atoms with E-state index in [1.54, 1.807) is 11.0 Å². The first-order valence-electron chi connectivity index (χ1n) is 6.23. The van der Waals surface area contributed by atoms with Gasteiger partial charge in [-0.05, 0) is 46.3 Å². The molecule has 0 unspecified atom stereocenters. The molecule has 106 valence electrons. The number of halogens is 2. The van der Waals surface area contributed by atoms with Crippen LogP contribution in [0, 0.1) is 0 Å². The van der Waals surface area contributed by atoms with E-state index in [2.05, 4.69) is 36.8 Å². The Bertz CT molecular complexity index is 745. The van der Waals surface area contributed by atoms with Crippen LogP contribution in [-0.4, -0.2) is 20.2 Å². The van der Waals surface area contributed by atoms with E-state index in [-0.39, 0.29) is 0 Å². The molecule has 0 aliphatic heterocycles. The molecular formula is C14H11BrClN5. The minimum absolute atomic E-state index is 0.644. The lowest BCUT2D eigenvalue weighted by molar-refractivity contribution is 0.789. The highest BCUT2D eigenvalue weighted by atomic mass is 79.9. The third-order valence-electron chi connectivity index (χ3n) is 2.96. The number of rotatable bonds is 4. The summed E-state index contributed by atoms with van der Waals surface area (Å²) in [5, 5.41) is 15.2. The van der Waals surface area contributed by atoms with E-state index in [1.165, 1.54) is 0 Å². The predicted molar refractivity (Wildman–Crippen MR) is 85.6 cm³/mol. The van der Waals surface area contributed by atoms with Crippen LogP contribution in [0.15, 0.2) is 53.3 Å². The van der Waals surface area contributed by atoms with E-state index in [0.717, 1.165) is 26.4 Å². The Morgan fingerprint density at radius 1 is 1.19 bits per heavy atom. The molecule has 0 aliphatic carbocycles. The average Bonchev–Trinajstić information content (AvgIpc) is 3.01. The van der Waals surface area contributed by atoms with Gasteiger partial charge in [-0.2, -0.15) is 0 Å². The van der Waals surface area contributed by atoms with Gasteiger partial charge in [0.1, 0.15) is 6.33 Å². The first-order valence-corrected chi connectivity index (χ1v) is 7.41. The van der Waals surface area contributed by atoms with Crippen LogP contribution < -0.4 is 5.32 Å². The van der Waals surface area contributed by atoms with Gasteiger partial charge in [0, 0.05) is 21.7 Å². The van der Waals surface area contributed by atoms with Crippen molar-refractivity contribution in [3.63, 3.8) is 0 Å². The van der Waals surface area contributed by atoms with E-state index in [1.807, 2.05) is 42.5 Å². The summed E-state index contributed by atoms with van der Waals surface area (Å²) in [4.78, 5) is 0. The molecule has 0 saturated carbocycles. The molecule has 2 aromatic carbocycles. The molecule has 0 saturated heterocycles. The van der Waals surface area contributed by atoms with Crippen LogP contribution in [0.5, 0.6) is 0 Å². The number of tetrazole rings is 1. The molecule has 0 bridgehead atoms. The van der Waals surface area contributed by atoms with Crippen molar-refractivity contribution in [3.05, 3.63) is 63.9 Å². The number of nitrogens with one attached hydrogen (secondary N) is 1. The fraction of sp³-hybridized carbons (Fsp3) is 0.0714. The van der Waals surface area contributed by atoms with Gasteiger partial charge < -0.3 is 5.32 Å². The maximum absolute atomic E-state index is 6.21. The largest absolute Gasteiger partial charge is 0.381 e. The standard InChI is InChI=1S/C14H11BrClN5/c15-11-5-4-10(14(16)6-11)8-17-12-2-1-3-13(7-12)21-9-18-19-20-21/h1-7,9,17H,8H2. The molecule has 0 atom stereocenters. The first kappa shape index (κ1) is 14.0. The quantitative estimate of drug-likeness (QED) is 0.767. The zero-order valence-corrected chi connectivity index (χ0v) is 13.2. The minimum atomic E-state index is 0.644. The van der Waals surface area contributed by atoms with Crippen molar-refractivity contribution < 1.29 is 0 Å². The molecule has 3 rings (SSSR count). The third kappa shape index (κ3) is 3.40. The number of hydrogen-bond donors (Lipinski definition) is 1.